The summed E-state index contributed by atoms with van der Waals surface area (Å²) in [5, 5.41) is 5.02. The van der Waals surface area contributed by atoms with Crippen molar-refractivity contribution in [3.05, 3.63) is 102 Å². The van der Waals surface area contributed by atoms with Gasteiger partial charge in [0, 0.05) is 35.1 Å². The number of sulfonamides is 2. The predicted octanol–water partition coefficient (Wildman–Crippen LogP) is 5.47. The second-order valence-corrected chi connectivity index (χ2v) is 13.8. The molecule has 0 spiro atoms. The van der Waals surface area contributed by atoms with E-state index in [1.807, 2.05) is 30.3 Å². The van der Waals surface area contributed by atoms with E-state index in [0.29, 0.717) is 34.8 Å². The summed E-state index contributed by atoms with van der Waals surface area (Å²) in [6.07, 6.45) is 0.782. The lowest BCUT2D eigenvalue weighted by Gasteiger charge is -2.30. The fourth-order valence-electron chi connectivity index (χ4n) is 4.80. The molecular weight excluding hydrogens is 570 g/mol. The first-order valence-corrected chi connectivity index (χ1v) is 16.2. The van der Waals surface area contributed by atoms with E-state index in [2.05, 4.69) is 10.0 Å². The number of anilines is 2. The number of amides is 1. The number of carbonyl (C=O) groups excluding carboxylic acids is 1. The molecule has 8 nitrogen and oxygen atoms in total. The number of fused-ring (bicyclic) bond motifs is 1. The van der Waals surface area contributed by atoms with Gasteiger partial charge in [0.15, 0.2) is 0 Å². The summed E-state index contributed by atoms with van der Waals surface area (Å²) in [6, 6.07) is 25.6. The maximum atomic E-state index is 13.0. The lowest BCUT2D eigenvalue weighted by molar-refractivity contribution is -0.120. The molecule has 11 heteroatoms. The number of piperidine rings is 1. The highest BCUT2D eigenvalue weighted by Gasteiger charge is 2.31. The number of carbonyl (C=O) groups is 1. The second-order valence-electron chi connectivity index (χ2n) is 9.71. The van der Waals surface area contributed by atoms with Crippen LogP contribution in [0.15, 0.2) is 95.9 Å². The number of benzene rings is 4. The zero-order chi connectivity index (χ0) is 28.3. The van der Waals surface area contributed by atoms with Crippen molar-refractivity contribution in [3.63, 3.8) is 0 Å². The van der Waals surface area contributed by atoms with Gasteiger partial charge in [-0.25, -0.2) is 21.1 Å². The van der Waals surface area contributed by atoms with Gasteiger partial charge in [-0.15, -0.1) is 0 Å². The van der Waals surface area contributed by atoms with Gasteiger partial charge in [0.05, 0.1) is 16.3 Å². The van der Waals surface area contributed by atoms with Crippen LogP contribution < -0.4 is 10.0 Å². The van der Waals surface area contributed by atoms with Crippen LogP contribution in [-0.4, -0.2) is 40.1 Å². The van der Waals surface area contributed by atoms with Crippen LogP contribution in [0.25, 0.3) is 10.8 Å². The molecule has 0 aliphatic carbocycles. The van der Waals surface area contributed by atoms with E-state index in [9.17, 15) is 21.6 Å². The fourth-order valence-corrected chi connectivity index (χ4v) is 7.65. The molecule has 1 fully saturated rings. The molecule has 208 valence electrons. The Balaban J connectivity index is 1.17. The van der Waals surface area contributed by atoms with Gasteiger partial charge in [-0.05, 0) is 66.3 Å². The molecule has 4 aromatic rings. The van der Waals surface area contributed by atoms with Gasteiger partial charge in [-0.2, -0.15) is 0 Å². The fraction of sp³-hybridized carbons (Fsp3) is 0.207. The summed E-state index contributed by atoms with van der Waals surface area (Å²) in [5.41, 5.74) is 1.56. The maximum Gasteiger partial charge on any atom is 0.261 e. The Morgan fingerprint density at radius 1 is 0.850 bits per heavy atom. The Morgan fingerprint density at radius 2 is 1.52 bits per heavy atom. The minimum atomic E-state index is -3.85. The molecule has 0 bridgehead atoms. The lowest BCUT2D eigenvalue weighted by Crippen LogP contribution is -2.41. The van der Waals surface area contributed by atoms with Crippen molar-refractivity contribution in [2.45, 2.75) is 23.5 Å². The number of hydrogen-bond acceptors (Lipinski definition) is 5. The third kappa shape index (κ3) is 6.47. The highest BCUT2D eigenvalue weighted by Crippen LogP contribution is 2.27. The van der Waals surface area contributed by atoms with Crippen LogP contribution in [-0.2, 0) is 30.6 Å². The second kappa shape index (κ2) is 11.6. The quantitative estimate of drug-likeness (QED) is 0.279. The van der Waals surface area contributed by atoms with E-state index >= 15 is 0 Å². The molecule has 1 heterocycles. The van der Waals surface area contributed by atoms with E-state index in [1.165, 1.54) is 16.4 Å². The highest BCUT2D eigenvalue weighted by molar-refractivity contribution is 7.92. The lowest BCUT2D eigenvalue weighted by atomic mass is 9.97. The van der Waals surface area contributed by atoms with Crippen LogP contribution in [0, 0.1) is 5.92 Å². The van der Waals surface area contributed by atoms with Crippen LogP contribution in [0.5, 0.6) is 0 Å². The van der Waals surface area contributed by atoms with Crippen molar-refractivity contribution < 1.29 is 21.6 Å². The van der Waals surface area contributed by atoms with Crippen molar-refractivity contribution >= 4 is 59.7 Å². The Hall–Kier alpha value is -3.44. The van der Waals surface area contributed by atoms with Gasteiger partial charge >= 0.3 is 0 Å². The van der Waals surface area contributed by atoms with Crippen molar-refractivity contribution in [3.8, 4) is 0 Å². The molecule has 1 aliphatic heterocycles. The third-order valence-electron chi connectivity index (χ3n) is 6.92. The van der Waals surface area contributed by atoms with Crippen LogP contribution in [0.1, 0.15) is 18.4 Å². The first-order valence-electron chi connectivity index (χ1n) is 12.7. The molecule has 1 amide bonds. The largest absolute Gasteiger partial charge is 0.326 e. The average Bonchev–Trinajstić information content (AvgIpc) is 2.93. The number of nitrogens with one attached hydrogen (secondary N) is 2. The Bertz CT molecular complexity index is 1750. The van der Waals surface area contributed by atoms with E-state index in [1.54, 1.807) is 48.5 Å². The minimum absolute atomic E-state index is 0.0663. The summed E-state index contributed by atoms with van der Waals surface area (Å²) in [4.78, 5) is 12.9. The molecule has 0 unspecified atom stereocenters. The Labute approximate surface area is 239 Å². The summed E-state index contributed by atoms with van der Waals surface area (Å²) in [7, 11) is -7.38. The zero-order valence-corrected chi connectivity index (χ0v) is 23.8. The highest BCUT2D eigenvalue weighted by atomic mass is 35.5. The van der Waals surface area contributed by atoms with Crippen molar-refractivity contribution in [1.82, 2.24) is 4.31 Å². The summed E-state index contributed by atoms with van der Waals surface area (Å²) >= 11 is 5.98. The van der Waals surface area contributed by atoms with Crippen LogP contribution in [0.2, 0.25) is 5.02 Å². The number of rotatable bonds is 8. The predicted molar refractivity (Wildman–Crippen MR) is 158 cm³/mol. The summed E-state index contributed by atoms with van der Waals surface area (Å²) < 4.78 is 55.8. The number of nitrogens with zero attached hydrogens (tertiary/aromatic N) is 1. The average molecular weight is 598 g/mol. The SMILES string of the molecule is O=C(Nc1ccc(S(=O)(=O)Nc2cccc3ccccc23)cc1)C1CCN(S(=O)(=O)Cc2cccc(Cl)c2)CC1. The molecule has 0 aromatic heterocycles. The van der Waals surface area contributed by atoms with Crippen molar-refractivity contribution in [1.29, 1.82) is 0 Å². The van der Waals surface area contributed by atoms with Crippen molar-refractivity contribution in [2.75, 3.05) is 23.1 Å². The zero-order valence-electron chi connectivity index (χ0n) is 21.5. The Morgan fingerprint density at radius 3 is 2.25 bits per heavy atom. The third-order valence-corrected chi connectivity index (χ3v) is 10.4. The number of hydrogen-bond donors (Lipinski definition) is 2. The molecule has 40 heavy (non-hydrogen) atoms. The van der Waals surface area contributed by atoms with E-state index in [4.69, 9.17) is 11.6 Å². The van der Waals surface area contributed by atoms with Gasteiger partial charge in [-0.1, -0.05) is 60.1 Å². The Kier molecular flexibility index (Phi) is 8.14. The molecule has 1 saturated heterocycles. The van der Waals surface area contributed by atoms with Gasteiger partial charge in [0.2, 0.25) is 15.9 Å². The monoisotopic (exact) mass is 597 g/mol. The molecule has 0 saturated carbocycles. The molecule has 0 atom stereocenters. The van der Waals surface area contributed by atoms with Crippen LogP contribution in [0.4, 0.5) is 11.4 Å². The molecule has 1 aliphatic rings. The topological polar surface area (TPSA) is 113 Å². The smallest absolute Gasteiger partial charge is 0.261 e. The van der Waals surface area contributed by atoms with Crippen LogP contribution >= 0.6 is 11.6 Å². The molecular formula is C29H28ClN3O5S2. The molecule has 4 aromatic carbocycles. The molecule has 2 N–H and O–H groups in total. The van der Waals surface area contributed by atoms with Gasteiger partial charge < -0.3 is 5.32 Å². The van der Waals surface area contributed by atoms with Gasteiger partial charge in [-0.3, -0.25) is 9.52 Å². The molecule has 0 radical (unpaired) electrons. The van der Waals surface area contributed by atoms with E-state index in [-0.39, 0.29) is 35.6 Å². The summed E-state index contributed by atoms with van der Waals surface area (Å²) in [6.45, 7) is 0.496. The maximum absolute atomic E-state index is 13.0. The summed E-state index contributed by atoms with van der Waals surface area (Å²) in [5.74, 6) is -0.722. The van der Waals surface area contributed by atoms with Gasteiger partial charge in [0.1, 0.15) is 0 Å². The van der Waals surface area contributed by atoms with E-state index in [0.717, 1.165) is 10.8 Å². The number of halogens is 1. The van der Waals surface area contributed by atoms with E-state index < -0.39 is 20.0 Å². The van der Waals surface area contributed by atoms with Crippen LogP contribution in [0.3, 0.4) is 0 Å². The van der Waals surface area contributed by atoms with Crippen molar-refractivity contribution in [2.24, 2.45) is 5.92 Å². The molecule has 5 rings (SSSR count). The first kappa shape index (κ1) is 28.1. The minimum Gasteiger partial charge on any atom is -0.326 e. The standard InChI is InChI=1S/C29H28ClN3O5S2/c30-24-8-3-5-21(19-24)20-39(35,36)33-17-15-23(16-18-33)29(34)31-25-11-13-26(14-12-25)40(37,38)32-28-10-4-7-22-6-1-2-9-27(22)28/h1-14,19,23,32H,15-18,20H2,(H,31,34). The van der Waals surface area contributed by atoms with Gasteiger partial charge in [0.25, 0.3) is 10.0 Å². The first-order chi connectivity index (χ1) is 19.1. The normalized spacial score (nSPS) is 15.1.